The number of hydrogen-bond donors (Lipinski definition) is 3. The van der Waals surface area contributed by atoms with Gasteiger partial charge in [-0.2, -0.15) is 0 Å². The Kier molecular flexibility index (Phi) is 4.88. The number of aliphatic hydroxyl groups excluding tert-OH is 2. The molecule has 0 aliphatic heterocycles. The molecule has 0 saturated carbocycles. The zero-order valence-electron chi connectivity index (χ0n) is 12.7. The Bertz CT molecular complexity index is 581. The largest absolute Gasteiger partial charge is 0.493 e. The molecule has 5 heteroatoms. The predicted octanol–water partition coefficient (Wildman–Crippen LogP) is 2.23. The van der Waals surface area contributed by atoms with Gasteiger partial charge in [0.2, 0.25) is 0 Å². The Hall–Kier alpha value is -1.56. The van der Waals surface area contributed by atoms with Gasteiger partial charge in [-0.3, -0.25) is 5.32 Å². The van der Waals surface area contributed by atoms with Crippen LogP contribution in [-0.4, -0.2) is 36.1 Å². The summed E-state index contributed by atoms with van der Waals surface area (Å²) in [5.74, 6) is 1.44. The highest BCUT2D eigenvalue weighted by Gasteiger charge is 2.29. The Morgan fingerprint density at radius 3 is 2.62 bits per heavy atom. The van der Waals surface area contributed by atoms with Crippen molar-refractivity contribution in [2.24, 2.45) is 0 Å². The van der Waals surface area contributed by atoms with E-state index in [1.54, 1.807) is 7.11 Å². The van der Waals surface area contributed by atoms with E-state index in [1.807, 2.05) is 38.1 Å². The van der Waals surface area contributed by atoms with Gasteiger partial charge in [0.05, 0.1) is 31.9 Å². The van der Waals surface area contributed by atoms with Crippen LogP contribution in [0.3, 0.4) is 0 Å². The lowest BCUT2D eigenvalue weighted by Crippen LogP contribution is -2.52. The molecular formula is C16H23NO4. The molecule has 0 aliphatic carbocycles. The van der Waals surface area contributed by atoms with Crippen molar-refractivity contribution < 1.29 is 19.4 Å². The van der Waals surface area contributed by atoms with Crippen molar-refractivity contribution in [1.29, 1.82) is 0 Å². The SMILES string of the molecule is CCC(CO)(CO)NC(C)c1cc2cccc(OC)c2o1. The number of nitrogens with one attached hydrogen (secondary N) is 1. The van der Waals surface area contributed by atoms with E-state index in [1.165, 1.54) is 0 Å². The van der Waals surface area contributed by atoms with Crippen LogP contribution in [0.5, 0.6) is 5.75 Å². The van der Waals surface area contributed by atoms with Crippen molar-refractivity contribution in [2.45, 2.75) is 31.8 Å². The van der Waals surface area contributed by atoms with Gasteiger partial charge in [-0.05, 0) is 25.5 Å². The summed E-state index contributed by atoms with van der Waals surface area (Å²) in [5.41, 5.74) is 0.00130. The fraction of sp³-hybridized carbons (Fsp3) is 0.500. The summed E-state index contributed by atoms with van der Waals surface area (Å²) in [4.78, 5) is 0. The fourth-order valence-electron chi connectivity index (χ4n) is 2.43. The van der Waals surface area contributed by atoms with Crippen LogP contribution in [0.1, 0.15) is 32.1 Å². The Labute approximate surface area is 124 Å². The van der Waals surface area contributed by atoms with Crippen LogP contribution in [0.15, 0.2) is 28.7 Å². The van der Waals surface area contributed by atoms with Crippen LogP contribution in [0.4, 0.5) is 0 Å². The molecule has 2 rings (SSSR count). The molecule has 2 aromatic rings. The van der Waals surface area contributed by atoms with Crippen LogP contribution in [0, 0.1) is 0 Å². The van der Waals surface area contributed by atoms with Gasteiger partial charge in [0.25, 0.3) is 0 Å². The molecule has 0 aliphatic rings. The number of ether oxygens (including phenoxy) is 1. The first-order chi connectivity index (χ1) is 10.1. The lowest BCUT2D eigenvalue weighted by molar-refractivity contribution is 0.0770. The van der Waals surface area contributed by atoms with Crippen molar-refractivity contribution in [2.75, 3.05) is 20.3 Å². The van der Waals surface area contributed by atoms with Gasteiger partial charge >= 0.3 is 0 Å². The third-order valence-electron chi connectivity index (χ3n) is 3.98. The van der Waals surface area contributed by atoms with Crippen LogP contribution >= 0.6 is 0 Å². The maximum atomic E-state index is 9.52. The summed E-state index contributed by atoms with van der Waals surface area (Å²) in [5, 5.41) is 23.3. The quantitative estimate of drug-likeness (QED) is 0.730. The van der Waals surface area contributed by atoms with E-state index in [2.05, 4.69) is 5.32 Å². The second-order valence-electron chi connectivity index (χ2n) is 5.34. The van der Waals surface area contributed by atoms with E-state index < -0.39 is 5.54 Å². The summed E-state index contributed by atoms with van der Waals surface area (Å²) in [6.07, 6.45) is 0.619. The summed E-state index contributed by atoms with van der Waals surface area (Å²) in [6, 6.07) is 7.54. The molecule has 0 fully saturated rings. The summed E-state index contributed by atoms with van der Waals surface area (Å²) >= 11 is 0. The molecule has 0 radical (unpaired) electrons. The van der Waals surface area contributed by atoms with Crippen LogP contribution in [-0.2, 0) is 0 Å². The van der Waals surface area contributed by atoms with Crippen molar-refractivity contribution in [3.05, 3.63) is 30.0 Å². The van der Waals surface area contributed by atoms with E-state index in [-0.39, 0.29) is 19.3 Å². The minimum atomic E-state index is -0.706. The molecule has 1 aromatic carbocycles. The summed E-state index contributed by atoms with van der Waals surface area (Å²) < 4.78 is 11.2. The molecule has 116 valence electrons. The van der Waals surface area contributed by atoms with Crippen LogP contribution in [0.25, 0.3) is 11.0 Å². The minimum Gasteiger partial charge on any atom is -0.493 e. The maximum Gasteiger partial charge on any atom is 0.176 e. The highest BCUT2D eigenvalue weighted by molar-refractivity contribution is 5.83. The van der Waals surface area contributed by atoms with Gasteiger partial charge < -0.3 is 19.4 Å². The number of rotatable bonds is 7. The summed E-state index contributed by atoms with van der Waals surface area (Å²) in [6.45, 7) is 3.61. The van der Waals surface area contributed by atoms with Gasteiger partial charge in [0.1, 0.15) is 5.76 Å². The molecule has 1 unspecified atom stereocenters. The number of para-hydroxylation sites is 1. The van der Waals surface area contributed by atoms with Crippen molar-refractivity contribution in [3.63, 3.8) is 0 Å². The van der Waals surface area contributed by atoms with Crippen LogP contribution < -0.4 is 10.1 Å². The van der Waals surface area contributed by atoms with Crippen molar-refractivity contribution >= 4 is 11.0 Å². The molecule has 0 bridgehead atoms. The van der Waals surface area contributed by atoms with Crippen molar-refractivity contribution in [1.82, 2.24) is 5.32 Å². The maximum absolute atomic E-state index is 9.52. The van der Waals surface area contributed by atoms with Gasteiger partial charge in [-0.25, -0.2) is 0 Å². The average Bonchev–Trinajstić information content (AvgIpc) is 2.96. The Balaban J connectivity index is 2.29. The molecule has 3 N–H and O–H groups in total. The topological polar surface area (TPSA) is 74.9 Å². The van der Waals surface area contributed by atoms with E-state index >= 15 is 0 Å². The first-order valence-electron chi connectivity index (χ1n) is 7.15. The van der Waals surface area contributed by atoms with E-state index in [0.29, 0.717) is 17.8 Å². The molecule has 0 amide bonds. The average molecular weight is 293 g/mol. The van der Waals surface area contributed by atoms with E-state index in [0.717, 1.165) is 11.1 Å². The predicted molar refractivity (Wildman–Crippen MR) is 81.5 cm³/mol. The summed E-state index contributed by atoms with van der Waals surface area (Å²) in [7, 11) is 1.61. The number of aliphatic hydroxyl groups is 2. The molecule has 0 spiro atoms. The zero-order valence-corrected chi connectivity index (χ0v) is 12.7. The lowest BCUT2D eigenvalue weighted by Gasteiger charge is -2.32. The number of hydrogen-bond acceptors (Lipinski definition) is 5. The lowest BCUT2D eigenvalue weighted by atomic mass is 9.97. The standard InChI is InChI=1S/C16H23NO4/c1-4-16(9-18,10-19)17-11(2)14-8-12-6-5-7-13(20-3)15(12)21-14/h5-8,11,17-19H,4,9-10H2,1-3H3. The monoisotopic (exact) mass is 293 g/mol. The third-order valence-corrected chi connectivity index (χ3v) is 3.98. The van der Waals surface area contributed by atoms with E-state index in [9.17, 15) is 10.2 Å². The fourth-order valence-corrected chi connectivity index (χ4v) is 2.43. The van der Waals surface area contributed by atoms with Gasteiger partial charge in [-0.1, -0.05) is 19.1 Å². The molecule has 1 atom stereocenters. The Morgan fingerprint density at radius 2 is 2.05 bits per heavy atom. The number of methoxy groups -OCH3 is 1. The number of furan rings is 1. The van der Waals surface area contributed by atoms with Gasteiger partial charge in [0, 0.05) is 5.39 Å². The van der Waals surface area contributed by atoms with Crippen LogP contribution in [0.2, 0.25) is 0 Å². The first kappa shape index (κ1) is 15.8. The highest BCUT2D eigenvalue weighted by Crippen LogP contribution is 2.31. The second kappa shape index (κ2) is 6.47. The molecule has 1 aromatic heterocycles. The molecule has 21 heavy (non-hydrogen) atoms. The third kappa shape index (κ3) is 3.05. The van der Waals surface area contributed by atoms with Gasteiger partial charge in [0.15, 0.2) is 11.3 Å². The molecule has 0 saturated heterocycles. The molecule has 5 nitrogen and oxygen atoms in total. The second-order valence-corrected chi connectivity index (χ2v) is 5.34. The number of fused-ring (bicyclic) bond motifs is 1. The minimum absolute atomic E-state index is 0.131. The Morgan fingerprint density at radius 1 is 1.33 bits per heavy atom. The smallest absolute Gasteiger partial charge is 0.176 e. The van der Waals surface area contributed by atoms with Crippen molar-refractivity contribution in [3.8, 4) is 5.75 Å². The molecule has 1 heterocycles. The molecular weight excluding hydrogens is 270 g/mol. The van der Waals surface area contributed by atoms with Gasteiger partial charge in [-0.15, -0.1) is 0 Å². The first-order valence-corrected chi connectivity index (χ1v) is 7.15. The zero-order chi connectivity index (χ0) is 15.5. The number of benzene rings is 1. The highest BCUT2D eigenvalue weighted by atomic mass is 16.5. The van der Waals surface area contributed by atoms with E-state index in [4.69, 9.17) is 9.15 Å². The normalized spacial score (nSPS) is 13.6.